The van der Waals surface area contributed by atoms with Gasteiger partial charge >= 0.3 is 44.1 Å². The molecule has 0 fully saturated rings. The molecule has 3 N–H and O–H groups in total. The molecule has 5 nitrogen and oxygen atoms in total. The Morgan fingerprint density at radius 1 is 0.657 bits per heavy atom. The van der Waals surface area contributed by atoms with Crippen molar-refractivity contribution in [2.75, 3.05) is 19.8 Å². The number of nitrogens with two attached hydrogens (primary N) is 1. The smallest absolute Gasteiger partial charge is 0.328 e. The van der Waals surface area contributed by atoms with Crippen LogP contribution in [0.25, 0.3) is 0 Å². The minimum atomic E-state index is -8.40. The molecule has 0 bridgehead atoms. The Hall–Kier alpha value is -1.12. The van der Waals surface area contributed by atoms with Crippen LogP contribution >= 0.6 is 7.82 Å². The highest BCUT2D eigenvalue weighted by Crippen LogP contribution is 2.62. The largest absolute Gasteiger partial charge is 0.472 e. The van der Waals surface area contributed by atoms with E-state index in [0.717, 1.165) is 0 Å². The normalized spacial score (nSPS) is 18.1. The second-order valence-electron chi connectivity index (χ2n) is 6.44. The zero-order valence-electron chi connectivity index (χ0n) is 15.9. The number of hydrogen-bond donors (Lipinski definition) is 2. The van der Waals surface area contributed by atoms with Crippen LogP contribution in [-0.4, -0.2) is 66.9 Å². The summed E-state index contributed by atoms with van der Waals surface area (Å²) in [5, 5.41) is 0. The van der Waals surface area contributed by atoms with Crippen molar-refractivity contribution in [2.45, 2.75) is 42.2 Å². The van der Waals surface area contributed by atoms with Crippen LogP contribution in [0, 0.1) is 11.8 Å². The summed E-state index contributed by atoms with van der Waals surface area (Å²) in [4.78, 5) is 8.87. The van der Waals surface area contributed by atoms with E-state index in [-0.39, 0.29) is 0 Å². The van der Waals surface area contributed by atoms with Crippen LogP contribution in [0.5, 0.6) is 0 Å². The van der Waals surface area contributed by atoms with E-state index in [1.54, 1.807) is 0 Å². The molecule has 0 rings (SSSR count). The van der Waals surface area contributed by atoms with Gasteiger partial charge in [0.1, 0.15) is 6.61 Å². The van der Waals surface area contributed by atoms with Crippen molar-refractivity contribution in [3.63, 3.8) is 0 Å². The lowest BCUT2D eigenvalue weighted by atomic mass is 9.82. The quantitative estimate of drug-likeness (QED) is 0.245. The second kappa shape index (κ2) is 9.97. The fraction of sp³-hybridized carbons (Fsp3) is 1.00. The SMILES string of the molecule is NCCOP(=O)(O)OCC(F)(F)C(C(F)(F)F)C(F)(F)C(F)(F)C(F)(F)C(C(F)(F)F)C(F)(F)F. The summed E-state index contributed by atoms with van der Waals surface area (Å²) in [6.45, 7) is -5.18. The molecule has 0 spiro atoms. The van der Waals surface area contributed by atoms with Gasteiger partial charge in [-0.15, -0.1) is 0 Å². The van der Waals surface area contributed by atoms with Gasteiger partial charge in [-0.25, -0.2) is 13.3 Å². The highest BCUT2D eigenvalue weighted by atomic mass is 31.2. The zero-order valence-corrected chi connectivity index (χ0v) is 16.8. The maximum absolute atomic E-state index is 13.9. The molecule has 0 saturated carbocycles. The summed E-state index contributed by atoms with van der Waals surface area (Å²) in [6, 6.07) is 0. The Morgan fingerprint density at radius 2 is 1.00 bits per heavy atom. The molecule has 2 unspecified atom stereocenters. The fourth-order valence-electron chi connectivity index (χ4n) is 2.35. The van der Waals surface area contributed by atoms with Crippen molar-refractivity contribution < 1.29 is 93.1 Å². The van der Waals surface area contributed by atoms with Gasteiger partial charge < -0.3 is 10.6 Å². The zero-order chi connectivity index (χ0) is 28.7. The molecule has 23 heteroatoms. The molecular weight excluding hydrogens is 576 g/mol. The Balaban J connectivity index is 6.69. The lowest BCUT2D eigenvalue weighted by Crippen LogP contribution is -2.69. The van der Waals surface area contributed by atoms with Crippen molar-refractivity contribution in [1.29, 1.82) is 0 Å². The van der Waals surface area contributed by atoms with Gasteiger partial charge in [0.15, 0.2) is 5.92 Å². The first-order valence-electron chi connectivity index (χ1n) is 8.03. The first-order chi connectivity index (χ1) is 15.0. The van der Waals surface area contributed by atoms with Gasteiger partial charge in [-0.1, -0.05) is 0 Å². The summed E-state index contributed by atoms with van der Waals surface area (Å²) in [5.74, 6) is -44.6. The average molecular weight is 587 g/mol. The third-order valence-corrected chi connectivity index (χ3v) is 4.72. The predicted molar refractivity (Wildman–Crippen MR) is 75.7 cm³/mol. The molecule has 35 heavy (non-hydrogen) atoms. The van der Waals surface area contributed by atoms with Gasteiger partial charge in [0.05, 0.1) is 6.61 Å². The van der Waals surface area contributed by atoms with E-state index in [4.69, 9.17) is 10.6 Å². The van der Waals surface area contributed by atoms with Crippen LogP contribution in [-0.2, 0) is 13.6 Å². The maximum Gasteiger partial charge on any atom is 0.472 e. The van der Waals surface area contributed by atoms with Crippen molar-refractivity contribution in [3.05, 3.63) is 0 Å². The fourth-order valence-corrected chi connectivity index (χ4v) is 3.09. The monoisotopic (exact) mass is 587 g/mol. The number of phosphoric ester groups is 1. The summed E-state index contributed by atoms with van der Waals surface area (Å²) in [6.07, 6.45) is -22.5. The second-order valence-corrected chi connectivity index (χ2v) is 7.89. The molecule has 0 radical (unpaired) electrons. The Kier molecular flexibility index (Phi) is 9.66. The van der Waals surface area contributed by atoms with Crippen molar-refractivity contribution in [1.82, 2.24) is 0 Å². The van der Waals surface area contributed by atoms with Crippen LogP contribution in [0.15, 0.2) is 0 Å². The minimum absolute atomic E-state index is 0.686. The van der Waals surface area contributed by atoms with Crippen LogP contribution in [0.1, 0.15) is 0 Å². The molecule has 212 valence electrons. The van der Waals surface area contributed by atoms with E-state index in [2.05, 4.69) is 9.05 Å². The molecule has 0 aliphatic carbocycles. The molecule has 0 heterocycles. The molecule has 0 aromatic carbocycles. The van der Waals surface area contributed by atoms with Gasteiger partial charge in [-0.05, 0) is 0 Å². The third kappa shape index (κ3) is 7.45. The Labute approximate surface area is 181 Å². The van der Waals surface area contributed by atoms with Crippen LogP contribution in [0.3, 0.4) is 0 Å². The summed E-state index contributed by atoms with van der Waals surface area (Å²) in [5.41, 5.74) is 4.73. The van der Waals surface area contributed by atoms with Crippen molar-refractivity contribution in [3.8, 4) is 0 Å². The molecule has 0 aliphatic heterocycles. The van der Waals surface area contributed by atoms with Gasteiger partial charge in [0, 0.05) is 6.54 Å². The minimum Gasteiger partial charge on any atom is -0.328 e. The average Bonchev–Trinajstić information content (AvgIpc) is 2.53. The lowest BCUT2D eigenvalue weighted by molar-refractivity contribution is -0.427. The van der Waals surface area contributed by atoms with Gasteiger partial charge in [0.25, 0.3) is 5.92 Å². The van der Waals surface area contributed by atoms with Gasteiger partial charge in [0.2, 0.25) is 5.92 Å². The third-order valence-electron chi connectivity index (χ3n) is 3.76. The lowest BCUT2D eigenvalue weighted by Gasteiger charge is -2.42. The van der Waals surface area contributed by atoms with E-state index >= 15 is 0 Å². The molecule has 0 saturated heterocycles. The summed E-state index contributed by atoms with van der Waals surface area (Å²) < 4.78 is 241. The van der Waals surface area contributed by atoms with E-state index < -0.39 is 81.6 Å². The van der Waals surface area contributed by atoms with E-state index in [1.165, 1.54) is 0 Å². The molecular formula is C12H11F17NO4P. The number of halogens is 17. The molecule has 0 aliphatic rings. The molecule has 0 aromatic heterocycles. The highest BCUT2D eigenvalue weighted by molar-refractivity contribution is 7.47. The number of rotatable bonds is 11. The van der Waals surface area contributed by atoms with Crippen LogP contribution < -0.4 is 5.73 Å². The van der Waals surface area contributed by atoms with Crippen LogP contribution in [0.2, 0.25) is 0 Å². The number of phosphoric acid groups is 1. The van der Waals surface area contributed by atoms with Gasteiger partial charge in [-0.3, -0.25) is 9.05 Å². The first-order valence-corrected chi connectivity index (χ1v) is 9.53. The standard InChI is InChI=1S/C12H11F17NO4P/c13-6(14,3-34-35(31,32)33-2-1-30)4(9(19,20)21)7(15,16)12(28,29)8(17,18)5(10(22,23)24)11(25,26)27/h4-5H,1-3,30H2,(H,31,32). The van der Waals surface area contributed by atoms with E-state index in [9.17, 15) is 79.2 Å². The van der Waals surface area contributed by atoms with Crippen LogP contribution in [0.4, 0.5) is 74.6 Å². The highest BCUT2D eigenvalue weighted by Gasteiger charge is 2.87. The number of alkyl halides is 17. The number of hydrogen-bond acceptors (Lipinski definition) is 4. The molecule has 0 aromatic rings. The predicted octanol–water partition coefficient (Wildman–Crippen LogP) is 5.54. The summed E-state index contributed by atoms with van der Waals surface area (Å²) >= 11 is 0. The maximum atomic E-state index is 13.9. The first kappa shape index (κ1) is 33.9. The van der Waals surface area contributed by atoms with Gasteiger partial charge in [-0.2, -0.15) is 65.9 Å². The molecule has 2 atom stereocenters. The Morgan fingerprint density at radius 3 is 1.31 bits per heavy atom. The van der Waals surface area contributed by atoms with E-state index in [1.807, 2.05) is 0 Å². The van der Waals surface area contributed by atoms with E-state index in [0.29, 0.717) is 0 Å². The topological polar surface area (TPSA) is 81.8 Å². The molecule has 0 amide bonds. The van der Waals surface area contributed by atoms with Crippen molar-refractivity contribution in [2.24, 2.45) is 17.6 Å². The Bertz CT molecular complexity index is 748. The summed E-state index contributed by atoms with van der Waals surface area (Å²) in [7, 11) is -5.89. The van der Waals surface area contributed by atoms with Crippen molar-refractivity contribution >= 4 is 7.82 Å².